The van der Waals surface area contributed by atoms with Crippen molar-refractivity contribution >= 4 is 56.0 Å². The molecule has 0 radical (unpaired) electrons. The van der Waals surface area contributed by atoms with E-state index in [0.717, 1.165) is 3.79 Å². The van der Waals surface area contributed by atoms with E-state index in [-0.39, 0.29) is 17.8 Å². The highest BCUT2D eigenvalue weighted by Crippen LogP contribution is 2.41. The summed E-state index contributed by atoms with van der Waals surface area (Å²) in [6, 6.07) is 3.68. The number of hydrogen-bond acceptors (Lipinski definition) is 6. The highest BCUT2D eigenvalue weighted by Gasteiger charge is 2.41. The van der Waals surface area contributed by atoms with Gasteiger partial charge in [-0.15, -0.1) is 16.1 Å². The van der Waals surface area contributed by atoms with Gasteiger partial charge in [0.2, 0.25) is 0 Å². The van der Waals surface area contributed by atoms with Crippen LogP contribution in [0.2, 0.25) is 5.02 Å². The Morgan fingerprint density at radius 1 is 1.50 bits per heavy atom. The van der Waals surface area contributed by atoms with Crippen molar-refractivity contribution in [1.82, 2.24) is 9.62 Å². The highest BCUT2D eigenvalue weighted by atomic mass is 79.9. The minimum atomic E-state index is -1.43. The van der Waals surface area contributed by atoms with Crippen molar-refractivity contribution in [2.24, 2.45) is 0 Å². The van der Waals surface area contributed by atoms with Crippen LogP contribution in [0.15, 0.2) is 21.6 Å². The first-order valence-electron chi connectivity index (χ1n) is 7.76. The maximum atomic E-state index is 12.7. The first-order chi connectivity index (χ1) is 11.8. The second-order valence-electron chi connectivity index (χ2n) is 7.26. The molecular formula is C17H23BrClN3O2S2. The number of nitrogens with one attached hydrogen (secondary N) is 1. The minimum absolute atomic E-state index is 0.0383. The summed E-state index contributed by atoms with van der Waals surface area (Å²) >= 11 is 9.69. The molecule has 1 aromatic heterocycles. The van der Waals surface area contributed by atoms with Gasteiger partial charge in [-0.25, -0.2) is 0 Å². The molecule has 0 saturated heterocycles. The first-order valence-corrected chi connectivity index (χ1v) is 10.9. The third kappa shape index (κ3) is 6.25. The SMILES string of the molecule is CN(C)C=C(C#N)C(=O)CC(C)(N[S+]([O-])C(C)(C)C)c1sc(Br)cc1Cl. The lowest BCUT2D eigenvalue weighted by molar-refractivity contribution is -0.116. The Bertz CT molecular complexity index is 737. The molecule has 0 saturated carbocycles. The number of rotatable bonds is 7. The molecule has 2 unspecified atom stereocenters. The molecule has 1 heterocycles. The van der Waals surface area contributed by atoms with Crippen LogP contribution in [0.3, 0.4) is 0 Å². The fourth-order valence-electron chi connectivity index (χ4n) is 2.08. The Kier molecular flexibility index (Phi) is 8.21. The summed E-state index contributed by atoms with van der Waals surface area (Å²) in [6.07, 6.45) is 1.43. The summed E-state index contributed by atoms with van der Waals surface area (Å²) in [5, 5.41) is 9.78. The molecule has 0 spiro atoms. The van der Waals surface area contributed by atoms with E-state index in [9.17, 15) is 14.6 Å². The van der Waals surface area contributed by atoms with Gasteiger partial charge in [0.15, 0.2) is 5.78 Å². The van der Waals surface area contributed by atoms with E-state index >= 15 is 0 Å². The summed E-state index contributed by atoms with van der Waals surface area (Å²) in [7, 11) is 3.48. The predicted octanol–water partition coefficient (Wildman–Crippen LogP) is 4.36. The summed E-state index contributed by atoms with van der Waals surface area (Å²) in [4.78, 5) is 15.1. The lowest BCUT2D eigenvalue weighted by Gasteiger charge is -2.34. The van der Waals surface area contributed by atoms with Crippen molar-refractivity contribution in [1.29, 1.82) is 5.26 Å². The lowest BCUT2D eigenvalue weighted by atomic mass is 9.92. The molecule has 2 atom stereocenters. The molecule has 26 heavy (non-hydrogen) atoms. The van der Waals surface area contributed by atoms with Gasteiger partial charge in [-0.1, -0.05) is 11.6 Å². The van der Waals surface area contributed by atoms with Crippen LogP contribution < -0.4 is 4.72 Å². The second kappa shape index (κ2) is 9.09. The average molecular weight is 481 g/mol. The van der Waals surface area contributed by atoms with Crippen molar-refractivity contribution < 1.29 is 9.35 Å². The molecule has 144 valence electrons. The van der Waals surface area contributed by atoms with Gasteiger partial charge in [-0.05, 0) is 49.7 Å². The number of hydrogen-bond donors (Lipinski definition) is 1. The molecule has 0 aromatic carbocycles. The summed E-state index contributed by atoms with van der Waals surface area (Å²) in [6.45, 7) is 7.31. The van der Waals surface area contributed by atoms with Gasteiger partial charge in [0.1, 0.15) is 21.9 Å². The maximum absolute atomic E-state index is 12.7. The molecular weight excluding hydrogens is 458 g/mol. The average Bonchev–Trinajstić information content (AvgIpc) is 2.82. The topological polar surface area (TPSA) is 79.2 Å². The Hall–Kier alpha value is -0.560. The molecule has 0 bridgehead atoms. The largest absolute Gasteiger partial charge is 0.598 e. The Morgan fingerprint density at radius 3 is 2.46 bits per heavy atom. The van der Waals surface area contributed by atoms with Gasteiger partial charge >= 0.3 is 0 Å². The van der Waals surface area contributed by atoms with E-state index in [1.807, 2.05) is 26.8 Å². The Labute approximate surface area is 175 Å². The normalized spacial score (nSPS) is 15.9. The molecule has 9 heteroatoms. The molecule has 0 amide bonds. The predicted molar refractivity (Wildman–Crippen MR) is 112 cm³/mol. The third-order valence-corrected chi connectivity index (χ3v) is 7.41. The van der Waals surface area contributed by atoms with Crippen LogP contribution in [0.4, 0.5) is 0 Å². The second-order valence-corrected chi connectivity index (χ2v) is 12.1. The van der Waals surface area contributed by atoms with Crippen molar-refractivity contribution in [2.45, 2.75) is 44.4 Å². The number of thiophene rings is 1. The number of ketones is 1. The third-order valence-electron chi connectivity index (χ3n) is 3.35. The van der Waals surface area contributed by atoms with Crippen molar-refractivity contribution in [3.63, 3.8) is 0 Å². The zero-order valence-corrected chi connectivity index (χ0v) is 19.6. The molecule has 5 nitrogen and oxygen atoms in total. The fourth-order valence-corrected chi connectivity index (χ4v) is 5.25. The van der Waals surface area contributed by atoms with E-state index in [2.05, 4.69) is 20.7 Å². The monoisotopic (exact) mass is 479 g/mol. The molecule has 0 aliphatic carbocycles. The van der Waals surface area contributed by atoms with E-state index in [4.69, 9.17) is 11.6 Å². The first kappa shape index (κ1) is 23.5. The fraction of sp³-hybridized carbons (Fsp3) is 0.529. The van der Waals surface area contributed by atoms with Crippen LogP contribution in [0, 0.1) is 11.3 Å². The number of halogens is 2. The number of nitriles is 1. The number of carbonyl (C=O) groups excluding carboxylic acids is 1. The molecule has 0 fully saturated rings. The van der Waals surface area contributed by atoms with Crippen LogP contribution in [0.5, 0.6) is 0 Å². The summed E-state index contributed by atoms with van der Waals surface area (Å²) in [5.41, 5.74) is -0.943. The highest BCUT2D eigenvalue weighted by molar-refractivity contribution is 9.11. The quantitative estimate of drug-likeness (QED) is 0.356. The Balaban J connectivity index is 3.31. The zero-order valence-electron chi connectivity index (χ0n) is 15.6. The molecule has 1 rings (SSSR count). The summed E-state index contributed by atoms with van der Waals surface area (Å²) in [5.74, 6) is -0.345. The number of carbonyl (C=O) groups is 1. The Morgan fingerprint density at radius 2 is 2.08 bits per heavy atom. The van der Waals surface area contributed by atoms with Crippen LogP contribution in [0.25, 0.3) is 0 Å². The van der Waals surface area contributed by atoms with Gasteiger partial charge in [-0.2, -0.15) is 5.26 Å². The maximum Gasteiger partial charge on any atom is 0.177 e. The minimum Gasteiger partial charge on any atom is -0.598 e. The van der Waals surface area contributed by atoms with E-state index in [1.165, 1.54) is 17.5 Å². The van der Waals surface area contributed by atoms with E-state index in [0.29, 0.717) is 9.90 Å². The number of allylic oxidation sites excluding steroid dienone is 1. The number of Topliss-reactive ketones (excluding diaryl/α,β-unsaturated/α-hetero) is 1. The van der Waals surface area contributed by atoms with Gasteiger partial charge in [0, 0.05) is 43.0 Å². The van der Waals surface area contributed by atoms with Crippen LogP contribution in [0.1, 0.15) is 39.0 Å². The smallest absolute Gasteiger partial charge is 0.177 e. The standard InChI is InChI=1S/C17H23BrClN3O2S2/c1-16(2,3)26(24)21-17(4,15-12(19)7-14(18)25-15)8-13(23)11(9-20)10-22(5)6/h7,10,21H,8H2,1-6H3. The number of nitrogens with zero attached hydrogens (tertiary/aromatic N) is 2. The van der Waals surface area contributed by atoms with Crippen LogP contribution >= 0.6 is 38.9 Å². The van der Waals surface area contributed by atoms with Crippen molar-refractivity contribution in [3.8, 4) is 6.07 Å². The van der Waals surface area contributed by atoms with Crippen LogP contribution in [-0.2, 0) is 21.7 Å². The van der Waals surface area contributed by atoms with Gasteiger partial charge in [0.05, 0.1) is 8.81 Å². The summed E-state index contributed by atoms with van der Waals surface area (Å²) < 4.78 is 16.1. The van der Waals surface area contributed by atoms with E-state index in [1.54, 1.807) is 32.0 Å². The van der Waals surface area contributed by atoms with Crippen molar-refractivity contribution in [3.05, 3.63) is 31.5 Å². The van der Waals surface area contributed by atoms with Gasteiger partial charge in [0.25, 0.3) is 0 Å². The zero-order chi connectivity index (χ0) is 20.3. The van der Waals surface area contributed by atoms with Gasteiger partial charge in [-0.3, -0.25) is 4.79 Å². The molecule has 0 aliphatic heterocycles. The van der Waals surface area contributed by atoms with Gasteiger partial charge < -0.3 is 9.45 Å². The molecule has 1 N–H and O–H groups in total. The van der Waals surface area contributed by atoms with E-state index < -0.39 is 21.6 Å². The van der Waals surface area contributed by atoms with Crippen LogP contribution in [-0.4, -0.2) is 34.1 Å². The van der Waals surface area contributed by atoms with Crippen molar-refractivity contribution in [2.75, 3.05) is 14.1 Å². The molecule has 0 aliphatic rings. The molecule has 1 aromatic rings. The lowest BCUT2D eigenvalue weighted by Crippen LogP contribution is -2.50.